The second-order valence-corrected chi connectivity index (χ2v) is 3.87. The minimum atomic E-state index is -0.416. The number of hydrogen-bond donors (Lipinski definition) is 5. The molecule has 19 heavy (non-hydrogen) atoms. The van der Waals surface area contributed by atoms with Crippen LogP contribution in [0.2, 0.25) is 0 Å². The van der Waals surface area contributed by atoms with Crippen LogP contribution in [-0.2, 0) is 16.1 Å². The monoisotopic (exact) mass is 265 g/mol. The molecule has 6 N–H and O–H groups in total. The van der Waals surface area contributed by atoms with Gasteiger partial charge in [0, 0.05) is 7.05 Å². The Bertz CT molecular complexity index is 410. The smallest absolute Gasteiger partial charge is 0.237 e. The third-order valence-corrected chi connectivity index (χ3v) is 2.43. The van der Waals surface area contributed by atoms with Crippen molar-refractivity contribution in [3.05, 3.63) is 35.9 Å². The standard InChI is InChI=1S/C12H19N5O2/c1-15-11(18)10(16-8-19-17-12(13)14)7-9-5-3-2-4-6-9/h2-6,10,16H,7-8H2,1H3,(H,15,18)(H4,13,14,17). The molecule has 1 rings (SSSR count). The van der Waals surface area contributed by atoms with Gasteiger partial charge in [0.1, 0.15) is 6.73 Å². The maximum absolute atomic E-state index is 11.7. The first-order valence-electron chi connectivity index (χ1n) is 5.84. The van der Waals surface area contributed by atoms with Crippen LogP contribution in [0.5, 0.6) is 0 Å². The third kappa shape index (κ3) is 5.84. The number of hydroxylamine groups is 1. The summed E-state index contributed by atoms with van der Waals surface area (Å²) < 4.78 is 0. The van der Waals surface area contributed by atoms with Gasteiger partial charge in [-0.2, -0.15) is 0 Å². The van der Waals surface area contributed by atoms with E-state index < -0.39 is 6.04 Å². The number of nitrogens with two attached hydrogens (primary N) is 1. The number of nitrogens with one attached hydrogen (secondary N) is 4. The highest BCUT2D eigenvalue weighted by atomic mass is 16.7. The highest BCUT2D eigenvalue weighted by molar-refractivity contribution is 5.81. The summed E-state index contributed by atoms with van der Waals surface area (Å²) >= 11 is 0. The predicted molar refractivity (Wildman–Crippen MR) is 72.1 cm³/mol. The first kappa shape index (κ1) is 14.9. The van der Waals surface area contributed by atoms with Gasteiger partial charge >= 0.3 is 0 Å². The summed E-state index contributed by atoms with van der Waals surface area (Å²) in [6.07, 6.45) is 0.546. The summed E-state index contributed by atoms with van der Waals surface area (Å²) in [7, 11) is 1.58. The van der Waals surface area contributed by atoms with Gasteiger partial charge in [-0.25, -0.2) is 5.48 Å². The van der Waals surface area contributed by atoms with E-state index in [-0.39, 0.29) is 18.6 Å². The number of carbonyl (C=O) groups is 1. The van der Waals surface area contributed by atoms with Gasteiger partial charge in [0.25, 0.3) is 0 Å². The van der Waals surface area contributed by atoms with Crippen molar-refractivity contribution in [2.45, 2.75) is 12.5 Å². The van der Waals surface area contributed by atoms with Crippen LogP contribution in [0.3, 0.4) is 0 Å². The summed E-state index contributed by atoms with van der Waals surface area (Å²) in [6, 6.07) is 9.25. The quantitative estimate of drug-likeness (QED) is 0.147. The van der Waals surface area contributed by atoms with E-state index in [0.717, 1.165) is 5.56 Å². The van der Waals surface area contributed by atoms with Gasteiger partial charge in [0.2, 0.25) is 11.9 Å². The molecule has 0 aromatic heterocycles. The lowest BCUT2D eigenvalue weighted by Gasteiger charge is -2.17. The molecule has 1 unspecified atom stereocenters. The molecule has 0 saturated carbocycles. The lowest BCUT2D eigenvalue weighted by molar-refractivity contribution is -0.123. The van der Waals surface area contributed by atoms with Crippen LogP contribution >= 0.6 is 0 Å². The topological polar surface area (TPSA) is 112 Å². The minimum Gasteiger partial charge on any atom is -0.368 e. The Balaban J connectivity index is 2.48. The van der Waals surface area contributed by atoms with Gasteiger partial charge in [-0.1, -0.05) is 30.3 Å². The molecule has 7 heteroatoms. The zero-order valence-electron chi connectivity index (χ0n) is 10.8. The van der Waals surface area contributed by atoms with Crippen molar-refractivity contribution in [2.75, 3.05) is 13.8 Å². The van der Waals surface area contributed by atoms with E-state index in [9.17, 15) is 4.79 Å². The Morgan fingerprint density at radius 1 is 1.42 bits per heavy atom. The lowest BCUT2D eigenvalue weighted by Crippen LogP contribution is -2.46. The molecule has 0 heterocycles. The van der Waals surface area contributed by atoms with Crippen molar-refractivity contribution >= 4 is 11.9 Å². The highest BCUT2D eigenvalue weighted by Crippen LogP contribution is 2.03. The molecule has 0 fully saturated rings. The van der Waals surface area contributed by atoms with Gasteiger partial charge < -0.3 is 11.1 Å². The molecule has 0 aliphatic carbocycles. The number of benzene rings is 1. The van der Waals surface area contributed by atoms with Gasteiger partial charge in [0.15, 0.2) is 0 Å². The molecule has 1 aromatic carbocycles. The molecule has 1 atom stereocenters. The highest BCUT2D eigenvalue weighted by Gasteiger charge is 2.16. The summed E-state index contributed by atoms with van der Waals surface area (Å²) in [5.41, 5.74) is 8.29. The Morgan fingerprint density at radius 3 is 2.68 bits per heavy atom. The lowest BCUT2D eigenvalue weighted by atomic mass is 10.1. The molecule has 0 aliphatic heterocycles. The van der Waals surface area contributed by atoms with Crippen molar-refractivity contribution in [2.24, 2.45) is 5.73 Å². The first-order valence-corrected chi connectivity index (χ1v) is 5.84. The summed E-state index contributed by atoms with van der Waals surface area (Å²) in [4.78, 5) is 16.6. The molecule has 0 aliphatic rings. The molecule has 0 bridgehead atoms. The number of rotatable bonds is 7. The van der Waals surface area contributed by atoms with E-state index in [2.05, 4.69) is 16.1 Å². The van der Waals surface area contributed by atoms with Crippen LogP contribution in [0.15, 0.2) is 30.3 Å². The van der Waals surface area contributed by atoms with Crippen molar-refractivity contribution in [1.29, 1.82) is 5.41 Å². The van der Waals surface area contributed by atoms with Crippen molar-refractivity contribution in [1.82, 2.24) is 16.1 Å². The third-order valence-electron chi connectivity index (χ3n) is 2.43. The van der Waals surface area contributed by atoms with Crippen LogP contribution in [-0.4, -0.2) is 31.7 Å². The second kappa shape index (κ2) is 8.06. The zero-order chi connectivity index (χ0) is 14.1. The van der Waals surface area contributed by atoms with E-state index in [1.807, 2.05) is 30.3 Å². The fraction of sp³-hybridized carbons (Fsp3) is 0.333. The van der Waals surface area contributed by atoms with Crippen LogP contribution in [0.25, 0.3) is 0 Å². The molecule has 0 spiro atoms. The number of guanidine groups is 1. The average molecular weight is 265 g/mol. The second-order valence-electron chi connectivity index (χ2n) is 3.87. The fourth-order valence-electron chi connectivity index (χ4n) is 1.54. The predicted octanol–water partition coefficient (Wildman–Crippen LogP) is -0.695. The van der Waals surface area contributed by atoms with Crippen LogP contribution < -0.4 is 21.8 Å². The maximum atomic E-state index is 11.7. The van der Waals surface area contributed by atoms with E-state index in [0.29, 0.717) is 6.42 Å². The molecule has 104 valence electrons. The van der Waals surface area contributed by atoms with Crippen LogP contribution in [0.4, 0.5) is 0 Å². The fourth-order valence-corrected chi connectivity index (χ4v) is 1.54. The molecular formula is C12H19N5O2. The van der Waals surface area contributed by atoms with Crippen molar-refractivity contribution < 1.29 is 9.63 Å². The number of amides is 1. The average Bonchev–Trinajstić information content (AvgIpc) is 2.42. The first-order chi connectivity index (χ1) is 9.13. The van der Waals surface area contributed by atoms with E-state index >= 15 is 0 Å². The van der Waals surface area contributed by atoms with E-state index in [1.165, 1.54) is 0 Å². The zero-order valence-corrected chi connectivity index (χ0v) is 10.8. The van der Waals surface area contributed by atoms with E-state index in [4.69, 9.17) is 16.0 Å². The van der Waals surface area contributed by atoms with E-state index in [1.54, 1.807) is 7.05 Å². The Hall–Kier alpha value is -2.12. The normalized spacial score (nSPS) is 11.6. The van der Waals surface area contributed by atoms with Gasteiger partial charge in [0.05, 0.1) is 6.04 Å². The van der Waals surface area contributed by atoms with Crippen molar-refractivity contribution in [3.8, 4) is 0 Å². The number of carbonyl (C=O) groups excluding carboxylic acids is 1. The number of likely N-dealkylation sites (N-methyl/N-ethyl adjacent to an activating group) is 1. The van der Waals surface area contributed by atoms with Gasteiger partial charge in [-0.3, -0.25) is 20.4 Å². The van der Waals surface area contributed by atoms with Crippen LogP contribution in [0.1, 0.15) is 5.56 Å². The van der Waals surface area contributed by atoms with Crippen molar-refractivity contribution in [3.63, 3.8) is 0 Å². The molecule has 1 aromatic rings. The van der Waals surface area contributed by atoms with Gasteiger partial charge in [-0.15, -0.1) is 0 Å². The molecular weight excluding hydrogens is 246 g/mol. The summed E-state index contributed by atoms with van der Waals surface area (Å²) in [5, 5.41) is 12.4. The molecule has 7 nitrogen and oxygen atoms in total. The minimum absolute atomic E-state index is 0.0600. The Labute approximate surface area is 112 Å². The number of hydrogen-bond acceptors (Lipinski definition) is 4. The van der Waals surface area contributed by atoms with Gasteiger partial charge in [-0.05, 0) is 12.0 Å². The Kier molecular flexibility index (Phi) is 6.34. The SMILES string of the molecule is CNC(=O)C(Cc1ccccc1)NCONC(=N)N. The Morgan fingerprint density at radius 2 is 2.11 bits per heavy atom. The largest absolute Gasteiger partial charge is 0.368 e. The van der Waals surface area contributed by atoms with Crippen LogP contribution in [0, 0.1) is 5.41 Å². The maximum Gasteiger partial charge on any atom is 0.237 e. The summed E-state index contributed by atoms with van der Waals surface area (Å²) in [6.45, 7) is 0.0600. The summed E-state index contributed by atoms with van der Waals surface area (Å²) in [5.74, 6) is -0.420. The molecule has 1 amide bonds. The molecule has 0 saturated heterocycles. The molecule has 0 radical (unpaired) electrons.